The van der Waals surface area contributed by atoms with E-state index in [2.05, 4.69) is 0 Å². The van der Waals surface area contributed by atoms with Crippen molar-refractivity contribution in [2.24, 2.45) is 17.6 Å². The largest absolute Gasteiger partial charge is 0.481 e. The van der Waals surface area contributed by atoms with Crippen LogP contribution in [0.1, 0.15) is 6.42 Å². The first-order valence-electron chi connectivity index (χ1n) is 3.76. The topological polar surface area (TPSA) is 63.3 Å². The zero-order chi connectivity index (χ0) is 8.27. The number of thioether (sulfide) groups is 1. The van der Waals surface area contributed by atoms with Crippen molar-refractivity contribution in [1.29, 1.82) is 0 Å². The minimum Gasteiger partial charge on any atom is -0.481 e. The molecule has 2 unspecified atom stereocenters. The van der Waals surface area contributed by atoms with E-state index < -0.39 is 5.97 Å². The van der Waals surface area contributed by atoms with Crippen LogP contribution in [-0.2, 0) is 4.79 Å². The maximum atomic E-state index is 10.7. The van der Waals surface area contributed by atoms with Gasteiger partial charge < -0.3 is 10.8 Å². The molecule has 0 aliphatic carbocycles. The molecule has 1 heterocycles. The highest BCUT2D eigenvalue weighted by molar-refractivity contribution is 7.99. The van der Waals surface area contributed by atoms with Gasteiger partial charge in [-0.15, -0.1) is 0 Å². The molecule has 1 rings (SSSR count). The average molecular weight is 175 g/mol. The van der Waals surface area contributed by atoms with Gasteiger partial charge in [0.1, 0.15) is 0 Å². The van der Waals surface area contributed by atoms with Gasteiger partial charge in [0.2, 0.25) is 0 Å². The van der Waals surface area contributed by atoms with Crippen LogP contribution in [0.4, 0.5) is 0 Å². The number of carbonyl (C=O) groups is 1. The van der Waals surface area contributed by atoms with Crippen molar-refractivity contribution < 1.29 is 9.90 Å². The van der Waals surface area contributed by atoms with Crippen molar-refractivity contribution in [2.75, 3.05) is 18.1 Å². The lowest BCUT2D eigenvalue weighted by Gasteiger charge is -2.26. The fourth-order valence-electron chi connectivity index (χ4n) is 1.35. The SMILES string of the molecule is NCC1CSCCC1C(=O)O. The molecule has 1 fully saturated rings. The molecule has 0 amide bonds. The first-order chi connectivity index (χ1) is 5.25. The summed E-state index contributed by atoms with van der Waals surface area (Å²) in [5, 5.41) is 8.77. The van der Waals surface area contributed by atoms with E-state index in [1.165, 1.54) is 0 Å². The summed E-state index contributed by atoms with van der Waals surface area (Å²) >= 11 is 1.81. The molecule has 1 aliphatic rings. The Balaban J connectivity index is 2.51. The second kappa shape index (κ2) is 3.97. The predicted octanol–water partition coefficient (Wildman–Crippen LogP) is 0.399. The molecule has 0 aromatic rings. The van der Waals surface area contributed by atoms with Gasteiger partial charge in [-0.2, -0.15) is 11.8 Å². The highest BCUT2D eigenvalue weighted by atomic mass is 32.2. The lowest BCUT2D eigenvalue weighted by Crippen LogP contribution is -2.34. The van der Waals surface area contributed by atoms with Gasteiger partial charge in [-0.05, 0) is 30.4 Å². The molecule has 64 valence electrons. The maximum Gasteiger partial charge on any atom is 0.306 e. The van der Waals surface area contributed by atoms with Crippen LogP contribution in [0.3, 0.4) is 0 Å². The summed E-state index contributed by atoms with van der Waals surface area (Å²) in [6.07, 6.45) is 0.780. The van der Waals surface area contributed by atoms with Gasteiger partial charge >= 0.3 is 5.97 Å². The van der Waals surface area contributed by atoms with Gasteiger partial charge in [-0.25, -0.2) is 0 Å². The molecule has 0 radical (unpaired) electrons. The van der Waals surface area contributed by atoms with E-state index >= 15 is 0 Å². The quantitative estimate of drug-likeness (QED) is 0.637. The van der Waals surface area contributed by atoms with Gasteiger partial charge in [0.25, 0.3) is 0 Å². The second-order valence-electron chi connectivity index (χ2n) is 2.80. The smallest absolute Gasteiger partial charge is 0.306 e. The molecule has 3 N–H and O–H groups in total. The van der Waals surface area contributed by atoms with Crippen LogP contribution in [0.5, 0.6) is 0 Å². The molecule has 0 saturated carbocycles. The zero-order valence-electron chi connectivity index (χ0n) is 6.32. The minimum atomic E-state index is -0.680. The van der Waals surface area contributed by atoms with Crippen molar-refractivity contribution in [1.82, 2.24) is 0 Å². The van der Waals surface area contributed by atoms with E-state index in [-0.39, 0.29) is 11.8 Å². The van der Waals surface area contributed by atoms with E-state index in [1.807, 2.05) is 0 Å². The normalized spacial score (nSPS) is 31.7. The van der Waals surface area contributed by atoms with Crippen LogP contribution in [0.15, 0.2) is 0 Å². The van der Waals surface area contributed by atoms with Crippen molar-refractivity contribution in [2.45, 2.75) is 6.42 Å². The van der Waals surface area contributed by atoms with Gasteiger partial charge in [0.05, 0.1) is 5.92 Å². The minimum absolute atomic E-state index is 0.186. The third-order valence-corrected chi connectivity index (χ3v) is 3.28. The van der Waals surface area contributed by atoms with Crippen molar-refractivity contribution >= 4 is 17.7 Å². The Morgan fingerprint density at radius 2 is 2.45 bits per heavy atom. The van der Waals surface area contributed by atoms with Crippen molar-refractivity contribution in [3.63, 3.8) is 0 Å². The summed E-state index contributed by atoms with van der Waals surface area (Å²) in [4.78, 5) is 10.7. The number of rotatable bonds is 2. The van der Waals surface area contributed by atoms with Crippen molar-refractivity contribution in [3.8, 4) is 0 Å². The molecule has 0 spiro atoms. The Hall–Kier alpha value is -0.220. The number of aliphatic carboxylic acids is 1. The van der Waals surface area contributed by atoms with Gasteiger partial charge in [-0.3, -0.25) is 4.79 Å². The van der Waals surface area contributed by atoms with Crippen LogP contribution < -0.4 is 5.73 Å². The Kier molecular flexibility index (Phi) is 3.20. The average Bonchev–Trinajstić information content (AvgIpc) is 2.04. The van der Waals surface area contributed by atoms with E-state index in [9.17, 15) is 4.79 Å². The first kappa shape index (κ1) is 8.87. The molecular formula is C7H13NO2S. The molecule has 11 heavy (non-hydrogen) atoms. The summed E-state index contributed by atoms with van der Waals surface area (Å²) < 4.78 is 0. The van der Waals surface area contributed by atoms with Crippen LogP contribution in [0, 0.1) is 11.8 Å². The highest BCUT2D eigenvalue weighted by Crippen LogP contribution is 2.27. The number of hydrogen-bond acceptors (Lipinski definition) is 3. The third-order valence-electron chi connectivity index (χ3n) is 2.09. The Labute approximate surface area is 70.3 Å². The van der Waals surface area contributed by atoms with E-state index in [0.717, 1.165) is 17.9 Å². The van der Waals surface area contributed by atoms with Crippen LogP contribution >= 0.6 is 11.8 Å². The molecular weight excluding hydrogens is 162 g/mol. The van der Waals surface area contributed by atoms with E-state index in [4.69, 9.17) is 10.8 Å². The van der Waals surface area contributed by atoms with Gasteiger partial charge in [-0.1, -0.05) is 0 Å². The second-order valence-corrected chi connectivity index (χ2v) is 3.95. The fraction of sp³-hybridized carbons (Fsp3) is 0.857. The number of hydrogen-bond donors (Lipinski definition) is 2. The molecule has 2 atom stereocenters. The molecule has 0 aromatic carbocycles. The predicted molar refractivity (Wildman–Crippen MR) is 45.6 cm³/mol. The monoisotopic (exact) mass is 175 g/mol. The van der Waals surface area contributed by atoms with Gasteiger partial charge in [0.15, 0.2) is 0 Å². The summed E-state index contributed by atoms with van der Waals surface area (Å²) in [6.45, 7) is 0.504. The standard InChI is InChI=1S/C7H13NO2S/c8-3-5-4-11-2-1-6(5)7(9)10/h5-6H,1-4,8H2,(H,9,10). The lowest BCUT2D eigenvalue weighted by molar-refractivity contribution is -0.143. The highest BCUT2D eigenvalue weighted by Gasteiger charge is 2.29. The Bertz CT molecular complexity index is 151. The Morgan fingerprint density at radius 3 is 2.91 bits per heavy atom. The summed E-state index contributed by atoms with van der Waals surface area (Å²) in [5.74, 6) is 1.19. The lowest BCUT2D eigenvalue weighted by atomic mass is 9.91. The number of carboxylic acids is 1. The van der Waals surface area contributed by atoms with Crippen LogP contribution in [-0.4, -0.2) is 29.1 Å². The molecule has 1 saturated heterocycles. The number of carboxylic acid groups (broad SMARTS) is 1. The van der Waals surface area contributed by atoms with Crippen LogP contribution in [0.25, 0.3) is 0 Å². The summed E-state index contributed by atoms with van der Waals surface area (Å²) in [6, 6.07) is 0. The molecule has 1 aliphatic heterocycles. The molecule has 0 aromatic heterocycles. The van der Waals surface area contributed by atoms with Crippen LogP contribution in [0.2, 0.25) is 0 Å². The first-order valence-corrected chi connectivity index (χ1v) is 4.91. The van der Waals surface area contributed by atoms with E-state index in [1.54, 1.807) is 11.8 Å². The maximum absolute atomic E-state index is 10.7. The zero-order valence-corrected chi connectivity index (χ0v) is 7.14. The van der Waals surface area contributed by atoms with Crippen molar-refractivity contribution in [3.05, 3.63) is 0 Å². The number of nitrogens with two attached hydrogens (primary N) is 1. The Morgan fingerprint density at radius 1 is 1.73 bits per heavy atom. The fourth-order valence-corrected chi connectivity index (χ4v) is 2.61. The van der Waals surface area contributed by atoms with E-state index in [0.29, 0.717) is 6.54 Å². The summed E-state index contributed by atoms with van der Waals surface area (Å²) in [5.41, 5.74) is 5.45. The molecule has 0 bridgehead atoms. The summed E-state index contributed by atoms with van der Waals surface area (Å²) in [7, 11) is 0. The third kappa shape index (κ3) is 2.10. The molecule has 3 nitrogen and oxygen atoms in total. The van der Waals surface area contributed by atoms with Gasteiger partial charge in [0, 0.05) is 0 Å². The molecule has 4 heteroatoms.